The molecule has 0 bridgehead atoms. The molecule has 0 aromatic heterocycles. The SMILES string of the molecule is CCCC/C=C\CCCCCCCC(=O)NC(COP(=O)(O)OCC[N+](C)(C)C)C(O)/C=C/CC/C=C/CCCCCCCCCCCCCCCCCCCCCC. The fourth-order valence-corrected chi connectivity index (χ4v) is 7.83. The van der Waals surface area contributed by atoms with Gasteiger partial charge in [-0.05, 0) is 51.4 Å². The summed E-state index contributed by atoms with van der Waals surface area (Å²) in [6, 6.07) is -0.865. The summed E-state index contributed by atoms with van der Waals surface area (Å²) in [4.78, 5) is 23.1. The van der Waals surface area contributed by atoms with Gasteiger partial charge in [0.2, 0.25) is 5.91 Å². The number of phosphoric ester groups is 1. The highest BCUT2D eigenvalue weighted by Crippen LogP contribution is 2.43. The van der Waals surface area contributed by atoms with Gasteiger partial charge in [-0.2, -0.15) is 0 Å². The third kappa shape index (κ3) is 44.6. The zero-order chi connectivity index (χ0) is 43.6. The molecule has 1 amide bonds. The van der Waals surface area contributed by atoms with Crippen LogP contribution in [0.15, 0.2) is 36.5 Å². The molecule has 0 saturated carbocycles. The predicted molar refractivity (Wildman–Crippen MR) is 254 cm³/mol. The van der Waals surface area contributed by atoms with Crippen molar-refractivity contribution < 1.29 is 32.9 Å². The first-order valence-corrected chi connectivity index (χ1v) is 26.4. The molecule has 9 heteroatoms. The van der Waals surface area contributed by atoms with Crippen LogP contribution in [-0.4, -0.2) is 73.4 Å². The summed E-state index contributed by atoms with van der Waals surface area (Å²) >= 11 is 0. The number of quaternary nitrogens is 1. The van der Waals surface area contributed by atoms with Gasteiger partial charge in [-0.3, -0.25) is 13.8 Å². The summed E-state index contributed by atoms with van der Waals surface area (Å²) < 4.78 is 23.5. The third-order valence-corrected chi connectivity index (χ3v) is 12.1. The summed E-state index contributed by atoms with van der Waals surface area (Å²) in [5.41, 5.74) is 0. The van der Waals surface area contributed by atoms with Crippen LogP contribution in [0.2, 0.25) is 0 Å². The van der Waals surface area contributed by atoms with Gasteiger partial charge in [0.1, 0.15) is 13.2 Å². The Morgan fingerprint density at radius 1 is 0.559 bits per heavy atom. The van der Waals surface area contributed by atoms with Gasteiger partial charge in [0, 0.05) is 6.42 Å². The zero-order valence-electron chi connectivity index (χ0n) is 39.5. The highest BCUT2D eigenvalue weighted by Gasteiger charge is 2.27. The molecule has 0 heterocycles. The molecular formula is C50H98N2O6P+. The van der Waals surface area contributed by atoms with Crippen molar-refractivity contribution in [2.24, 2.45) is 0 Å². The predicted octanol–water partition coefficient (Wildman–Crippen LogP) is 14.3. The Kier molecular flexibility index (Phi) is 41.1. The third-order valence-electron chi connectivity index (χ3n) is 11.1. The van der Waals surface area contributed by atoms with Crippen molar-refractivity contribution in [2.45, 2.75) is 238 Å². The summed E-state index contributed by atoms with van der Waals surface area (Å²) in [6.45, 7) is 4.75. The van der Waals surface area contributed by atoms with Crippen LogP contribution < -0.4 is 5.32 Å². The fraction of sp³-hybridized carbons (Fsp3) is 0.860. The Bertz CT molecular complexity index is 1060. The van der Waals surface area contributed by atoms with Gasteiger partial charge < -0.3 is 19.8 Å². The quantitative estimate of drug-likeness (QED) is 0.0244. The number of hydrogen-bond acceptors (Lipinski definition) is 5. The van der Waals surface area contributed by atoms with Crippen LogP contribution in [-0.2, 0) is 18.4 Å². The molecule has 0 spiro atoms. The van der Waals surface area contributed by atoms with Crippen molar-refractivity contribution in [3.63, 3.8) is 0 Å². The first-order valence-electron chi connectivity index (χ1n) is 24.9. The zero-order valence-corrected chi connectivity index (χ0v) is 40.4. The van der Waals surface area contributed by atoms with Gasteiger partial charge in [0.25, 0.3) is 0 Å². The highest BCUT2D eigenvalue weighted by atomic mass is 31.2. The molecule has 0 radical (unpaired) electrons. The molecule has 59 heavy (non-hydrogen) atoms. The first-order chi connectivity index (χ1) is 28.5. The molecule has 0 aliphatic carbocycles. The molecule has 0 saturated heterocycles. The number of aliphatic hydroxyl groups excluding tert-OH is 1. The van der Waals surface area contributed by atoms with E-state index in [9.17, 15) is 19.4 Å². The van der Waals surface area contributed by atoms with Crippen molar-refractivity contribution >= 4 is 13.7 Å². The van der Waals surface area contributed by atoms with Crippen LogP contribution in [0.3, 0.4) is 0 Å². The van der Waals surface area contributed by atoms with Crippen LogP contribution in [0.4, 0.5) is 0 Å². The van der Waals surface area contributed by atoms with E-state index in [2.05, 4.69) is 43.5 Å². The van der Waals surface area contributed by atoms with Crippen LogP contribution in [0.25, 0.3) is 0 Å². The van der Waals surface area contributed by atoms with E-state index in [1.165, 1.54) is 154 Å². The van der Waals surface area contributed by atoms with Gasteiger partial charge in [0.05, 0.1) is 39.9 Å². The molecule has 348 valence electrons. The van der Waals surface area contributed by atoms with E-state index in [1.54, 1.807) is 6.08 Å². The number of carbonyl (C=O) groups is 1. The molecule has 0 aliphatic rings. The lowest BCUT2D eigenvalue weighted by molar-refractivity contribution is -0.870. The monoisotopic (exact) mass is 854 g/mol. The topological polar surface area (TPSA) is 105 Å². The molecular weight excluding hydrogens is 756 g/mol. The number of aliphatic hydroxyl groups is 1. The average Bonchev–Trinajstić information content (AvgIpc) is 3.19. The molecule has 3 atom stereocenters. The Morgan fingerprint density at radius 2 is 0.949 bits per heavy atom. The number of likely N-dealkylation sites (N-methyl/N-ethyl adjacent to an activating group) is 1. The van der Waals surface area contributed by atoms with Crippen LogP contribution >= 0.6 is 7.82 Å². The largest absolute Gasteiger partial charge is 0.472 e. The Labute approximate surface area is 366 Å². The summed E-state index contributed by atoms with van der Waals surface area (Å²) in [6.07, 6.45) is 52.5. The van der Waals surface area contributed by atoms with Crippen molar-refractivity contribution in [3.8, 4) is 0 Å². The normalized spacial score (nSPS) is 14.5. The Hall–Kier alpha value is -1.28. The molecule has 3 N–H and O–H groups in total. The minimum Gasteiger partial charge on any atom is -0.387 e. The average molecular weight is 854 g/mol. The standard InChI is InChI=1S/C50H97N2O6P/c1-6-8-10-12-14-16-18-19-20-21-22-23-24-25-26-27-28-29-30-31-32-34-35-37-39-41-43-49(53)48(47-58-59(55,56)57-46-45-52(3,4)5)51-50(54)44-42-40-38-36-33-17-15-13-11-9-7-2/h13,15,34-35,41,43,48-49,53H,6-12,14,16-33,36-40,42,44-47H2,1-5H3,(H-,51,54,55,56)/p+1/b15-13-,35-34+,43-41+. The number of nitrogens with zero attached hydrogens (tertiary/aromatic N) is 1. The van der Waals surface area contributed by atoms with E-state index >= 15 is 0 Å². The van der Waals surface area contributed by atoms with E-state index in [-0.39, 0.29) is 19.1 Å². The van der Waals surface area contributed by atoms with Gasteiger partial charge in [0.15, 0.2) is 0 Å². The second kappa shape index (κ2) is 42.0. The van der Waals surface area contributed by atoms with Crippen molar-refractivity contribution in [2.75, 3.05) is 40.9 Å². The molecule has 0 rings (SSSR count). The summed E-state index contributed by atoms with van der Waals surface area (Å²) in [5.74, 6) is -0.198. The van der Waals surface area contributed by atoms with Crippen LogP contribution in [0, 0.1) is 0 Å². The summed E-state index contributed by atoms with van der Waals surface area (Å²) in [7, 11) is 1.55. The fourth-order valence-electron chi connectivity index (χ4n) is 7.10. The molecule has 0 aromatic rings. The van der Waals surface area contributed by atoms with E-state index < -0.39 is 20.0 Å². The Balaban J connectivity index is 4.25. The lowest BCUT2D eigenvalue weighted by atomic mass is 10.0. The van der Waals surface area contributed by atoms with E-state index in [0.717, 1.165) is 51.4 Å². The Morgan fingerprint density at radius 3 is 1.41 bits per heavy atom. The van der Waals surface area contributed by atoms with Crippen LogP contribution in [0.5, 0.6) is 0 Å². The van der Waals surface area contributed by atoms with E-state index in [4.69, 9.17) is 9.05 Å². The lowest BCUT2D eigenvalue weighted by Gasteiger charge is -2.25. The molecule has 3 unspecified atom stereocenters. The van der Waals surface area contributed by atoms with E-state index in [1.807, 2.05) is 27.2 Å². The lowest BCUT2D eigenvalue weighted by Crippen LogP contribution is -2.45. The minimum absolute atomic E-state index is 0.0546. The number of hydrogen-bond donors (Lipinski definition) is 3. The first kappa shape index (κ1) is 57.7. The molecule has 0 fully saturated rings. The molecule has 0 aromatic carbocycles. The van der Waals surface area contributed by atoms with Gasteiger partial charge in [-0.1, -0.05) is 204 Å². The number of allylic oxidation sites excluding steroid dienone is 5. The van der Waals surface area contributed by atoms with Crippen molar-refractivity contribution in [1.82, 2.24) is 5.32 Å². The number of phosphoric acid groups is 1. The van der Waals surface area contributed by atoms with Gasteiger partial charge in [-0.25, -0.2) is 4.57 Å². The molecule has 0 aliphatic heterocycles. The second-order valence-corrected chi connectivity index (χ2v) is 19.6. The highest BCUT2D eigenvalue weighted by molar-refractivity contribution is 7.47. The molecule has 8 nitrogen and oxygen atoms in total. The number of carbonyl (C=O) groups excluding carboxylic acids is 1. The van der Waals surface area contributed by atoms with E-state index in [0.29, 0.717) is 17.4 Å². The maximum atomic E-state index is 12.8. The van der Waals surface area contributed by atoms with Gasteiger partial charge in [-0.15, -0.1) is 0 Å². The smallest absolute Gasteiger partial charge is 0.387 e. The van der Waals surface area contributed by atoms with Gasteiger partial charge >= 0.3 is 7.82 Å². The van der Waals surface area contributed by atoms with Crippen molar-refractivity contribution in [3.05, 3.63) is 36.5 Å². The number of amides is 1. The summed E-state index contributed by atoms with van der Waals surface area (Å²) in [5, 5.41) is 13.8. The maximum Gasteiger partial charge on any atom is 0.472 e. The maximum absolute atomic E-state index is 12.8. The van der Waals surface area contributed by atoms with Crippen LogP contribution in [0.1, 0.15) is 226 Å². The number of rotatable bonds is 45. The number of nitrogens with one attached hydrogen (secondary N) is 1. The van der Waals surface area contributed by atoms with Crippen molar-refractivity contribution in [1.29, 1.82) is 0 Å². The second-order valence-electron chi connectivity index (χ2n) is 18.2. The minimum atomic E-state index is -4.35. The number of unbranched alkanes of at least 4 members (excludes halogenated alkanes) is 28.